The number of anilines is 3. The number of rotatable bonds is 6. The summed E-state index contributed by atoms with van der Waals surface area (Å²) in [5.41, 5.74) is 2.33. The smallest absolute Gasteiger partial charge is 0.247 e. The molecule has 0 aromatic heterocycles. The third-order valence-corrected chi connectivity index (χ3v) is 6.48. The summed E-state index contributed by atoms with van der Waals surface area (Å²) in [4.78, 5) is 26.4. The lowest BCUT2D eigenvalue weighted by Crippen LogP contribution is -2.45. The lowest BCUT2D eigenvalue weighted by atomic mass is 10.1. The topological polar surface area (TPSA) is 86.8 Å². The second-order valence-corrected chi connectivity index (χ2v) is 9.65. The molecule has 0 radical (unpaired) electrons. The van der Waals surface area contributed by atoms with Crippen molar-refractivity contribution in [3.63, 3.8) is 0 Å². The summed E-state index contributed by atoms with van der Waals surface area (Å²) in [7, 11) is -3.75. The quantitative estimate of drug-likeness (QED) is 0.730. The van der Waals surface area contributed by atoms with Gasteiger partial charge in [-0.2, -0.15) is 0 Å². The van der Waals surface area contributed by atoms with Crippen molar-refractivity contribution in [2.75, 3.05) is 27.3 Å². The molecule has 2 aromatic carbocycles. The van der Waals surface area contributed by atoms with Gasteiger partial charge in [0.25, 0.3) is 0 Å². The van der Waals surface area contributed by atoms with Crippen molar-refractivity contribution >= 4 is 50.5 Å². The maximum Gasteiger partial charge on any atom is 0.247 e. The molecule has 30 heavy (non-hydrogen) atoms. The van der Waals surface area contributed by atoms with Crippen molar-refractivity contribution < 1.29 is 18.0 Å². The molecule has 1 heterocycles. The number of halogens is 1. The molecule has 0 aliphatic carbocycles. The molecule has 1 atom stereocenters. The van der Waals surface area contributed by atoms with Gasteiger partial charge < -0.3 is 10.2 Å². The van der Waals surface area contributed by atoms with Gasteiger partial charge in [0.1, 0.15) is 6.04 Å². The van der Waals surface area contributed by atoms with Gasteiger partial charge in [0, 0.05) is 29.4 Å². The first-order valence-corrected chi connectivity index (χ1v) is 11.8. The molecule has 9 heteroatoms. The minimum absolute atomic E-state index is 0.0843. The summed E-state index contributed by atoms with van der Waals surface area (Å²) in [5.74, 6) is -0.397. The number of benzene rings is 2. The number of nitrogens with zero attached hydrogens (tertiary/aromatic N) is 2. The van der Waals surface area contributed by atoms with Gasteiger partial charge in [-0.1, -0.05) is 17.7 Å². The largest absolute Gasteiger partial charge is 0.324 e. The van der Waals surface area contributed by atoms with E-state index in [0.717, 1.165) is 22.7 Å². The monoisotopic (exact) mass is 449 g/mol. The maximum absolute atomic E-state index is 12.8. The molecule has 160 valence electrons. The summed E-state index contributed by atoms with van der Waals surface area (Å²) in [6, 6.07) is 10.8. The van der Waals surface area contributed by atoms with Crippen LogP contribution >= 0.6 is 11.6 Å². The highest BCUT2D eigenvalue weighted by Gasteiger charge is 2.30. The number of nitrogens with one attached hydrogen (secondary N) is 1. The van der Waals surface area contributed by atoms with Gasteiger partial charge >= 0.3 is 0 Å². The van der Waals surface area contributed by atoms with E-state index in [-0.39, 0.29) is 5.91 Å². The van der Waals surface area contributed by atoms with E-state index in [1.807, 2.05) is 0 Å². The molecule has 0 saturated carbocycles. The first-order valence-electron chi connectivity index (χ1n) is 9.55. The van der Waals surface area contributed by atoms with Gasteiger partial charge in [0.05, 0.1) is 11.9 Å². The summed E-state index contributed by atoms with van der Waals surface area (Å²) in [6.45, 7) is 3.96. The fourth-order valence-corrected chi connectivity index (χ4v) is 4.88. The van der Waals surface area contributed by atoms with Gasteiger partial charge in [-0.15, -0.1) is 0 Å². The van der Waals surface area contributed by atoms with Gasteiger partial charge in [-0.05, 0) is 62.2 Å². The number of aryl methyl sites for hydroxylation is 1. The van der Waals surface area contributed by atoms with E-state index in [1.165, 1.54) is 13.0 Å². The minimum atomic E-state index is -3.75. The lowest BCUT2D eigenvalue weighted by molar-refractivity contribution is -0.117. The van der Waals surface area contributed by atoms with Crippen molar-refractivity contribution in [3.8, 4) is 0 Å². The molecular formula is C21H24ClN3O4S. The molecule has 1 aliphatic rings. The summed E-state index contributed by atoms with van der Waals surface area (Å²) in [5, 5.41) is 3.12. The van der Waals surface area contributed by atoms with E-state index in [1.54, 1.807) is 48.2 Å². The second kappa shape index (κ2) is 8.65. The molecule has 1 aliphatic heterocycles. The summed E-state index contributed by atoms with van der Waals surface area (Å²) >= 11 is 6.05. The Bertz CT molecular complexity index is 1070. The average molecular weight is 450 g/mol. The van der Waals surface area contributed by atoms with Crippen LogP contribution < -0.4 is 14.5 Å². The Hall–Kier alpha value is -2.58. The number of sulfonamides is 1. The highest BCUT2D eigenvalue weighted by molar-refractivity contribution is 7.92. The van der Waals surface area contributed by atoms with Crippen LogP contribution in [0.3, 0.4) is 0 Å². The van der Waals surface area contributed by atoms with Crippen LogP contribution in [0.2, 0.25) is 5.02 Å². The van der Waals surface area contributed by atoms with Crippen molar-refractivity contribution in [1.82, 2.24) is 0 Å². The van der Waals surface area contributed by atoms with Crippen molar-refractivity contribution in [1.29, 1.82) is 0 Å². The van der Waals surface area contributed by atoms with E-state index in [4.69, 9.17) is 11.6 Å². The lowest BCUT2D eigenvalue weighted by Gasteiger charge is -2.29. The predicted octanol–water partition coefficient (Wildman–Crippen LogP) is 3.57. The molecule has 1 saturated heterocycles. The molecule has 3 rings (SSSR count). The highest BCUT2D eigenvalue weighted by Crippen LogP contribution is 2.29. The average Bonchev–Trinajstić information content (AvgIpc) is 3.10. The zero-order valence-corrected chi connectivity index (χ0v) is 18.6. The Kier molecular flexibility index (Phi) is 6.38. The molecule has 2 aromatic rings. The molecule has 0 unspecified atom stereocenters. The Labute approximate surface area is 181 Å². The number of amides is 2. The van der Waals surface area contributed by atoms with Crippen molar-refractivity contribution in [3.05, 3.63) is 53.1 Å². The molecule has 1 fully saturated rings. The van der Waals surface area contributed by atoms with Gasteiger partial charge in [0.2, 0.25) is 21.8 Å². The Balaban J connectivity index is 1.80. The summed E-state index contributed by atoms with van der Waals surface area (Å²) < 4.78 is 26.0. The standard InChI is InChI=1S/C21H24ClN3O4S/c1-14-6-7-16(22)13-19(14)25(30(3,28)29)15(2)21(27)23-17-8-10-18(11-9-17)24-12-4-5-20(24)26/h6-11,13,15H,4-5,12H2,1-3H3,(H,23,27)/t15-/m0/s1. The van der Waals surface area contributed by atoms with Crippen LogP contribution in [-0.4, -0.2) is 39.1 Å². The Morgan fingerprint density at radius 3 is 2.43 bits per heavy atom. The van der Waals surface area contributed by atoms with Crippen molar-refractivity contribution in [2.45, 2.75) is 32.7 Å². The maximum atomic E-state index is 12.8. The first kappa shape index (κ1) is 22.1. The van der Waals surface area contributed by atoms with E-state index in [0.29, 0.717) is 34.9 Å². The van der Waals surface area contributed by atoms with E-state index >= 15 is 0 Å². The normalized spacial score (nSPS) is 15.2. The number of hydrogen-bond donors (Lipinski definition) is 1. The van der Waals surface area contributed by atoms with Gasteiger partial charge in [-0.25, -0.2) is 8.42 Å². The first-order chi connectivity index (χ1) is 14.1. The van der Waals surface area contributed by atoms with Crippen LogP contribution in [0.1, 0.15) is 25.3 Å². The third kappa shape index (κ3) is 4.76. The molecule has 2 amide bonds. The molecule has 1 N–H and O–H groups in total. The van der Waals surface area contributed by atoms with Crippen molar-refractivity contribution in [2.24, 2.45) is 0 Å². The van der Waals surface area contributed by atoms with Crippen LogP contribution in [-0.2, 0) is 19.6 Å². The van der Waals surface area contributed by atoms with Crippen LogP contribution in [0.5, 0.6) is 0 Å². The van der Waals surface area contributed by atoms with Crippen LogP contribution in [0.15, 0.2) is 42.5 Å². The third-order valence-electron chi connectivity index (χ3n) is 5.02. The van der Waals surface area contributed by atoms with Crippen LogP contribution in [0.4, 0.5) is 17.1 Å². The van der Waals surface area contributed by atoms with Gasteiger partial charge in [-0.3, -0.25) is 13.9 Å². The van der Waals surface area contributed by atoms with Crippen LogP contribution in [0, 0.1) is 6.92 Å². The Morgan fingerprint density at radius 1 is 1.20 bits per heavy atom. The zero-order valence-electron chi connectivity index (χ0n) is 17.1. The van der Waals surface area contributed by atoms with Gasteiger partial charge in [0.15, 0.2) is 0 Å². The Morgan fingerprint density at radius 2 is 1.87 bits per heavy atom. The zero-order chi connectivity index (χ0) is 22.1. The molecule has 0 spiro atoms. The second-order valence-electron chi connectivity index (χ2n) is 7.35. The summed E-state index contributed by atoms with van der Waals surface area (Å²) in [6.07, 6.45) is 2.43. The van der Waals surface area contributed by atoms with Crippen LogP contribution in [0.25, 0.3) is 0 Å². The molecule has 0 bridgehead atoms. The van der Waals surface area contributed by atoms with E-state index in [2.05, 4.69) is 5.32 Å². The number of carbonyl (C=O) groups excluding carboxylic acids is 2. The fraction of sp³-hybridized carbons (Fsp3) is 0.333. The van der Waals surface area contributed by atoms with E-state index < -0.39 is 22.0 Å². The predicted molar refractivity (Wildman–Crippen MR) is 120 cm³/mol. The molecule has 7 nitrogen and oxygen atoms in total. The number of hydrogen-bond acceptors (Lipinski definition) is 4. The minimum Gasteiger partial charge on any atom is -0.324 e. The number of carbonyl (C=O) groups is 2. The fourth-order valence-electron chi connectivity index (χ4n) is 3.49. The SMILES string of the molecule is Cc1ccc(Cl)cc1N([C@@H](C)C(=O)Nc1ccc(N2CCCC2=O)cc1)S(C)(=O)=O. The van der Waals surface area contributed by atoms with E-state index in [9.17, 15) is 18.0 Å². The molecular weight excluding hydrogens is 426 g/mol. The highest BCUT2D eigenvalue weighted by atomic mass is 35.5.